The lowest BCUT2D eigenvalue weighted by molar-refractivity contribution is 0.261. The predicted molar refractivity (Wildman–Crippen MR) is 60.5 cm³/mol. The third-order valence-corrected chi connectivity index (χ3v) is 3.99. The summed E-state index contributed by atoms with van der Waals surface area (Å²) in [7, 11) is 0. The standard InChI is InChI=1S/C13H18N2/c1-3-10-6-7-13(15-12(10)5-1)11-4-2-8-14-9-11/h2,4,8-10,12-13,15H,1,3,5-7H2. The molecule has 2 heteroatoms. The lowest BCUT2D eigenvalue weighted by Crippen LogP contribution is -2.40. The van der Waals surface area contributed by atoms with E-state index in [9.17, 15) is 0 Å². The molecule has 2 fully saturated rings. The maximum absolute atomic E-state index is 4.21. The van der Waals surface area contributed by atoms with Gasteiger partial charge in [-0.3, -0.25) is 4.98 Å². The van der Waals surface area contributed by atoms with E-state index in [0.29, 0.717) is 6.04 Å². The van der Waals surface area contributed by atoms with Crippen LogP contribution in [-0.2, 0) is 0 Å². The van der Waals surface area contributed by atoms with Gasteiger partial charge in [-0.25, -0.2) is 0 Å². The van der Waals surface area contributed by atoms with E-state index in [1.165, 1.54) is 37.7 Å². The summed E-state index contributed by atoms with van der Waals surface area (Å²) in [5.41, 5.74) is 1.36. The molecule has 1 aromatic rings. The molecule has 0 bridgehead atoms. The van der Waals surface area contributed by atoms with Gasteiger partial charge in [0.1, 0.15) is 0 Å². The number of rotatable bonds is 1. The fourth-order valence-electron chi connectivity index (χ4n) is 3.17. The van der Waals surface area contributed by atoms with Crippen LogP contribution in [-0.4, -0.2) is 11.0 Å². The third-order valence-electron chi connectivity index (χ3n) is 3.99. The molecule has 0 aromatic carbocycles. The highest BCUT2D eigenvalue weighted by Gasteiger charge is 2.33. The van der Waals surface area contributed by atoms with E-state index in [4.69, 9.17) is 0 Å². The number of hydrogen-bond donors (Lipinski definition) is 1. The molecule has 1 aliphatic carbocycles. The topological polar surface area (TPSA) is 24.9 Å². The summed E-state index contributed by atoms with van der Waals surface area (Å²) in [4.78, 5) is 4.21. The Kier molecular flexibility index (Phi) is 2.45. The first kappa shape index (κ1) is 9.34. The minimum Gasteiger partial charge on any atom is -0.307 e. The minimum absolute atomic E-state index is 0.554. The van der Waals surface area contributed by atoms with Crippen molar-refractivity contribution >= 4 is 0 Å². The fourth-order valence-corrected chi connectivity index (χ4v) is 3.17. The summed E-state index contributed by atoms with van der Waals surface area (Å²) in [5, 5.41) is 3.79. The van der Waals surface area contributed by atoms with Gasteiger partial charge in [-0.2, -0.15) is 0 Å². The van der Waals surface area contributed by atoms with Gasteiger partial charge in [0.05, 0.1) is 0 Å². The smallest absolute Gasteiger partial charge is 0.0338 e. The van der Waals surface area contributed by atoms with Crippen LogP contribution in [0.25, 0.3) is 0 Å². The van der Waals surface area contributed by atoms with Crippen LogP contribution in [0.1, 0.15) is 43.7 Å². The average Bonchev–Trinajstić information content (AvgIpc) is 2.77. The van der Waals surface area contributed by atoms with Crippen molar-refractivity contribution in [1.82, 2.24) is 10.3 Å². The van der Waals surface area contributed by atoms with Crippen molar-refractivity contribution in [3.8, 4) is 0 Å². The van der Waals surface area contributed by atoms with Crippen molar-refractivity contribution < 1.29 is 0 Å². The summed E-state index contributed by atoms with van der Waals surface area (Å²) in [6.07, 6.45) is 10.8. The summed E-state index contributed by atoms with van der Waals surface area (Å²) < 4.78 is 0. The van der Waals surface area contributed by atoms with Crippen LogP contribution >= 0.6 is 0 Å². The van der Waals surface area contributed by atoms with E-state index < -0.39 is 0 Å². The molecule has 2 aliphatic rings. The second-order valence-electron chi connectivity index (χ2n) is 4.88. The van der Waals surface area contributed by atoms with Crippen LogP contribution in [0, 0.1) is 5.92 Å². The summed E-state index contributed by atoms with van der Waals surface area (Å²) in [6, 6.07) is 5.57. The molecular weight excluding hydrogens is 184 g/mol. The third kappa shape index (κ3) is 1.78. The van der Waals surface area contributed by atoms with Crippen LogP contribution in [0.15, 0.2) is 24.5 Å². The van der Waals surface area contributed by atoms with Crippen LogP contribution in [0.3, 0.4) is 0 Å². The van der Waals surface area contributed by atoms with Gasteiger partial charge in [-0.05, 0) is 43.2 Å². The van der Waals surface area contributed by atoms with E-state index in [1.807, 2.05) is 18.5 Å². The van der Waals surface area contributed by atoms with E-state index in [0.717, 1.165) is 12.0 Å². The molecule has 0 radical (unpaired) electrons. The van der Waals surface area contributed by atoms with Gasteiger partial charge in [0.25, 0.3) is 0 Å². The number of hydrogen-bond acceptors (Lipinski definition) is 2. The van der Waals surface area contributed by atoms with E-state index in [1.54, 1.807) is 0 Å². The quantitative estimate of drug-likeness (QED) is 0.757. The number of aromatic nitrogens is 1. The van der Waals surface area contributed by atoms with Crippen LogP contribution in [0.5, 0.6) is 0 Å². The Labute approximate surface area is 91.1 Å². The molecule has 0 amide bonds. The Morgan fingerprint density at radius 3 is 3.07 bits per heavy atom. The molecule has 2 nitrogen and oxygen atoms in total. The summed E-state index contributed by atoms with van der Waals surface area (Å²) in [5.74, 6) is 0.956. The molecule has 3 unspecified atom stereocenters. The average molecular weight is 202 g/mol. The van der Waals surface area contributed by atoms with Gasteiger partial charge < -0.3 is 5.32 Å². The molecule has 1 saturated carbocycles. The normalized spacial score (nSPS) is 35.1. The van der Waals surface area contributed by atoms with Gasteiger partial charge in [0, 0.05) is 24.5 Å². The van der Waals surface area contributed by atoms with Crippen molar-refractivity contribution in [2.75, 3.05) is 0 Å². The highest BCUT2D eigenvalue weighted by Crippen LogP contribution is 2.37. The van der Waals surface area contributed by atoms with E-state index >= 15 is 0 Å². The van der Waals surface area contributed by atoms with Crippen molar-refractivity contribution in [3.63, 3.8) is 0 Å². The number of nitrogens with one attached hydrogen (secondary N) is 1. The Morgan fingerprint density at radius 1 is 1.20 bits per heavy atom. The van der Waals surface area contributed by atoms with E-state index in [2.05, 4.69) is 16.4 Å². The summed E-state index contributed by atoms with van der Waals surface area (Å²) >= 11 is 0. The van der Waals surface area contributed by atoms with Crippen molar-refractivity contribution in [1.29, 1.82) is 0 Å². The van der Waals surface area contributed by atoms with Crippen LogP contribution in [0.4, 0.5) is 0 Å². The molecule has 2 heterocycles. The molecule has 1 saturated heterocycles. The zero-order valence-corrected chi connectivity index (χ0v) is 9.02. The second kappa shape index (κ2) is 3.93. The number of fused-ring (bicyclic) bond motifs is 1. The molecule has 3 atom stereocenters. The highest BCUT2D eigenvalue weighted by atomic mass is 15.0. The molecule has 3 rings (SSSR count). The first-order valence-corrected chi connectivity index (χ1v) is 6.09. The maximum Gasteiger partial charge on any atom is 0.0338 e. The Balaban J connectivity index is 1.74. The van der Waals surface area contributed by atoms with Crippen LogP contribution in [0.2, 0.25) is 0 Å². The zero-order chi connectivity index (χ0) is 10.1. The van der Waals surface area contributed by atoms with Crippen LogP contribution < -0.4 is 5.32 Å². The van der Waals surface area contributed by atoms with Crippen molar-refractivity contribution in [2.45, 2.75) is 44.2 Å². The monoisotopic (exact) mass is 202 g/mol. The molecular formula is C13H18N2. The first-order chi connectivity index (χ1) is 7.43. The Morgan fingerprint density at radius 2 is 2.20 bits per heavy atom. The SMILES string of the molecule is c1cncc(C2CCC3CCCC3N2)c1. The first-order valence-electron chi connectivity index (χ1n) is 6.09. The lowest BCUT2D eigenvalue weighted by atomic mass is 9.87. The van der Waals surface area contributed by atoms with Gasteiger partial charge in [-0.1, -0.05) is 12.5 Å². The molecule has 80 valence electrons. The molecule has 1 aromatic heterocycles. The molecule has 0 spiro atoms. The molecule has 15 heavy (non-hydrogen) atoms. The number of pyridine rings is 1. The van der Waals surface area contributed by atoms with Gasteiger partial charge >= 0.3 is 0 Å². The number of nitrogens with zero attached hydrogens (tertiary/aromatic N) is 1. The maximum atomic E-state index is 4.21. The van der Waals surface area contributed by atoms with Gasteiger partial charge in [0.2, 0.25) is 0 Å². The molecule has 1 N–H and O–H groups in total. The second-order valence-corrected chi connectivity index (χ2v) is 4.88. The highest BCUT2D eigenvalue weighted by molar-refractivity contribution is 5.15. The fraction of sp³-hybridized carbons (Fsp3) is 0.615. The minimum atomic E-state index is 0.554. The van der Waals surface area contributed by atoms with Gasteiger partial charge in [-0.15, -0.1) is 0 Å². The van der Waals surface area contributed by atoms with Crippen molar-refractivity contribution in [2.24, 2.45) is 5.92 Å². The van der Waals surface area contributed by atoms with Crippen molar-refractivity contribution in [3.05, 3.63) is 30.1 Å². The lowest BCUT2D eigenvalue weighted by Gasteiger charge is -2.33. The summed E-state index contributed by atoms with van der Waals surface area (Å²) in [6.45, 7) is 0. The largest absolute Gasteiger partial charge is 0.307 e. The van der Waals surface area contributed by atoms with E-state index in [-0.39, 0.29) is 0 Å². The predicted octanol–water partition coefficient (Wildman–Crippen LogP) is 2.67. The van der Waals surface area contributed by atoms with Gasteiger partial charge in [0.15, 0.2) is 0 Å². The molecule has 1 aliphatic heterocycles. The number of piperidine rings is 1. The zero-order valence-electron chi connectivity index (χ0n) is 9.02. The Bertz CT molecular complexity index is 323. The Hall–Kier alpha value is -0.890.